The summed E-state index contributed by atoms with van der Waals surface area (Å²) in [5.74, 6) is -0.234. The second kappa shape index (κ2) is 7.94. The van der Waals surface area contributed by atoms with Crippen LogP contribution in [0.25, 0.3) is 0 Å². The lowest BCUT2D eigenvalue weighted by molar-refractivity contribution is 0.102. The van der Waals surface area contributed by atoms with Crippen LogP contribution in [0.2, 0.25) is 0 Å². The number of benzene rings is 2. The lowest BCUT2D eigenvalue weighted by Crippen LogP contribution is -2.14. The molecule has 1 aromatic heterocycles. The number of hydrogen-bond donors (Lipinski definition) is 2. The van der Waals surface area contributed by atoms with E-state index in [-0.39, 0.29) is 5.91 Å². The first-order valence-corrected chi connectivity index (χ1v) is 8.72. The highest BCUT2D eigenvalue weighted by Gasteiger charge is 2.08. The van der Waals surface area contributed by atoms with Crippen molar-refractivity contribution < 1.29 is 4.79 Å². The smallest absolute Gasteiger partial charge is 0.274 e. The van der Waals surface area contributed by atoms with Crippen molar-refractivity contribution in [3.8, 4) is 0 Å². The fourth-order valence-corrected chi connectivity index (χ4v) is 2.66. The van der Waals surface area contributed by atoms with Crippen LogP contribution < -0.4 is 10.6 Å². The summed E-state index contributed by atoms with van der Waals surface area (Å²) >= 11 is 3.37. The molecule has 3 aromatic rings. The van der Waals surface area contributed by atoms with Gasteiger partial charge in [-0.1, -0.05) is 40.2 Å². The molecular weight excluding hydrogens is 378 g/mol. The Bertz CT molecular complexity index is 878. The molecular formula is C20H18BrN3O. The zero-order valence-electron chi connectivity index (χ0n) is 13.8. The number of aryl methyl sites for hydroxylation is 1. The van der Waals surface area contributed by atoms with Crippen LogP contribution in [0.1, 0.15) is 21.6 Å². The topological polar surface area (TPSA) is 54.0 Å². The summed E-state index contributed by atoms with van der Waals surface area (Å²) in [6.45, 7) is 2.78. The number of hydrogen-bond acceptors (Lipinski definition) is 3. The van der Waals surface area contributed by atoms with Crippen molar-refractivity contribution in [2.24, 2.45) is 0 Å². The van der Waals surface area contributed by atoms with Gasteiger partial charge in [0.2, 0.25) is 0 Å². The van der Waals surface area contributed by atoms with Crippen molar-refractivity contribution in [3.63, 3.8) is 0 Å². The Hall–Kier alpha value is -2.66. The molecule has 0 unspecified atom stereocenters. The van der Waals surface area contributed by atoms with E-state index in [0.717, 1.165) is 15.8 Å². The summed E-state index contributed by atoms with van der Waals surface area (Å²) in [6, 6.07) is 19.3. The third-order valence-electron chi connectivity index (χ3n) is 3.84. The molecule has 1 amide bonds. The molecule has 25 heavy (non-hydrogen) atoms. The van der Waals surface area contributed by atoms with Gasteiger partial charge in [0.1, 0.15) is 5.69 Å². The molecule has 0 bridgehead atoms. The third-order valence-corrected chi connectivity index (χ3v) is 4.37. The van der Waals surface area contributed by atoms with Crippen LogP contribution in [0, 0.1) is 6.92 Å². The van der Waals surface area contributed by atoms with Gasteiger partial charge in [-0.2, -0.15) is 0 Å². The van der Waals surface area contributed by atoms with Crippen LogP contribution in [0.4, 0.5) is 11.4 Å². The van der Waals surface area contributed by atoms with E-state index < -0.39 is 0 Å². The van der Waals surface area contributed by atoms with Crippen molar-refractivity contribution in [1.82, 2.24) is 4.98 Å². The molecule has 0 saturated carbocycles. The molecule has 3 rings (SSSR count). The first-order chi connectivity index (χ1) is 12.1. The van der Waals surface area contributed by atoms with Crippen molar-refractivity contribution in [3.05, 3.63) is 88.2 Å². The van der Waals surface area contributed by atoms with Gasteiger partial charge in [-0.05, 0) is 54.4 Å². The summed E-state index contributed by atoms with van der Waals surface area (Å²) in [7, 11) is 0. The van der Waals surface area contributed by atoms with Gasteiger partial charge in [-0.3, -0.25) is 9.78 Å². The van der Waals surface area contributed by atoms with Gasteiger partial charge in [0.25, 0.3) is 5.91 Å². The molecule has 0 radical (unpaired) electrons. The molecule has 5 heteroatoms. The molecule has 2 N–H and O–H groups in total. The van der Waals surface area contributed by atoms with Gasteiger partial charge in [-0.25, -0.2) is 0 Å². The maximum Gasteiger partial charge on any atom is 0.274 e. The number of anilines is 2. The summed E-state index contributed by atoms with van der Waals surface area (Å²) in [6.07, 6.45) is 1.64. The Balaban J connectivity index is 1.67. The fourth-order valence-electron chi connectivity index (χ4n) is 2.40. The Morgan fingerprint density at radius 1 is 1.04 bits per heavy atom. The molecule has 0 atom stereocenters. The Morgan fingerprint density at radius 3 is 2.56 bits per heavy atom. The van der Waals surface area contributed by atoms with Gasteiger partial charge >= 0.3 is 0 Å². The standard InChI is InChI=1S/C20H18BrN3O/c1-14-4-2-3-5-15(14)13-23-18-10-11-22-19(12-18)20(25)24-17-8-6-16(21)7-9-17/h2-12H,13H2,1H3,(H,22,23)(H,24,25). The number of nitrogens with zero attached hydrogens (tertiary/aromatic N) is 1. The van der Waals surface area contributed by atoms with Crippen molar-refractivity contribution in [2.45, 2.75) is 13.5 Å². The maximum absolute atomic E-state index is 12.4. The van der Waals surface area contributed by atoms with Gasteiger partial charge in [0, 0.05) is 28.6 Å². The van der Waals surface area contributed by atoms with E-state index in [1.807, 2.05) is 42.5 Å². The van der Waals surface area contributed by atoms with E-state index in [1.165, 1.54) is 11.1 Å². The average molecular weight is 396 g/mol. The van der Waals surface area contributed by atoms with E-state index in [0.29, 0.717) is 12.2 Å². The third kappa shape index (κ3) is 4.67. The quantitative estimate of drug-likeness (QED) is 0.637. The number of amides is 1. The Morgan fingerprint density at radius 2 is 1.80 bits per heavy atom. The summed E-state index contributed by atoms with van der Waals surface area (Å²) in [5.41, 5.74) is 4.42. The molecule has 0 aliphatic carbocycles. The predicted molar refractivity (Wildman–Crippen MR) is 105 cm³/mol. The second-order valence-corrected chi connectivity index (χ2v) is 6.59. The van der Waals surface area contributed by atoms with E-state index in [4.69, 9.17) is 0 Å². The molecule has 0 saturated heterocycles. The van der Waals surface area contributed by atoms with Crippen molar-refractivity contribution in [1.29, 1.82) is 0 Å². The van der Waals surface area contributed by atoms with Gasteiger partial charge in [0.15, 0.2) is 0 Å². The minimum atomic E-state index is -0.234. The molecule has 1 heterocycles. The number of nitrogens with one attached hydrogen (secondary N) is 2. The summed E-state index contributed by atoms with van der Waals surface area (Å²) < 4.78 is 0.964. The zero-order chi connectivity index (χ0) is 17.6. The predicted octanol–water partition coefficient (Wildman–Crippen LogP) is 5.02. The van der Waals surface area contributed by atoms with Crippen molar-refractivity contribution >= 4 is 33.2 Å². The summed E-state index contributed by atoms with van der Waals surface area (Å²) in [4.78, 5) is 16.5. The van der Waals surface area contributed by atoms with E-state index in [9.17, 15) is 4.79 Å². The largest absolute Gasteiger partial charge is 0.381 e. The molecule has 0 spiro atoms. The minimum absolute atomic E-state index is 0.234. The highest BCUT2D eigenvalue weighted by Crippen LogP contribution is 2.16. The van der Waals surface area contributed by atoms with Gasteiger partial charge in [0.05, 0.1) is 0 Å². The summed E-state index contributed by atoms with van der Waals surface area (Å²) in [5, 5.41) is 6.19. The van der Waals surface area contributed by atoms with Crippen LogP contribution in [-0.4, -0.2) is 10.9 Å². The molecule has 2 aromatic carbocycles. The van der Waals surface area contributed by atoms with E-state index in [2.05, 4.69) is 50.6 Å². The molecule has 4 nitrogen and oxygen atoms in total. The van der Waals surface area contributed by atoms with Crippen LogP contribution in [0.3, 0.4) is 0 Å². The minimum Gasteiger partial charge on any atom is -0.381 e. The maximum atomic E-state index is 12.4. The number of carbonyl (C=O) groups excluding carboxylic acids is 1. The SMILES string of the molecule is Cc1ccccc1CNc1ccnc(C(=O)Nc2ccc(Br)cc2)c1. The zero-order valence-corrected chi connectivity index (χ0v) is 15.4. The molecule has 0 fully saturated rings. The van der Waals surface area contributed by atoms with E-state index in [1.54, 1.807) is 12.3 Å². The lowest BCUT2D eigenvalue weighted by atomic mass is 10.1. The number of carbonyl (C=O) groups is 1. The Kier molecular flexibility index (Phi) is 5.46. The number of pyridine rings is 1. The lowest BCUT2D eigenvalue weighted by Gasteiger charge is -2.10. The van der Waals surface area contributed by atoms with Crippen LogP contribution in [0.5, 0.6) is 0 Å². The average Bonchev–Trinajstić information content (AvgIpc) is 2.63. The number of rotatable bonds is 5. The van der Waals surface area contributed by atoms with E-state index >= 15 is 0 Å². The monoisotopic (exact) mass is 395 g/mol. The van der Waals surface area contributed by atoms with Crippen LogP contribution in [0.15, 0.2) is 71.3 Å². The first kappa shape index (κ1) is 17.2. The number of aromatic nitrogens is 1. The first-order valence-electron chi connectivity index (χ1n) is 7.93. The highest BCUT2D eigenvalue weighted by molar-refractivity contribution is 9.10. The molecule has 126 valence electrons. The number of halogens is 1. The fraction of sp³-hybridized carbons (Fsp3) is 0.100. The highest BCUT2D eigenvalue weighted by atomic mass is 79.9. The molecule has 0 aliphatic heterocycles. The Labute approximate surface area is 155 Å². The molecule has 0 aliphatic rings. The van der Waals surface area contributed by atoms with Gasteiger partial charge in [-0.15, -0.1) is 0 Å². The van der Waals surface area contributed by atoms with Crippen LogP contribution in [-0.2, 0) is 6.54 Å². The van der Waals surface area contributed by atoms with Crippen LogP contribution >= 0.6 is 15.9 Å². The normalized spacial score (nSPS) is 10.3. The van der Waals surface area contributed by atoms with Crippen molar-refractivity contribution in [2.75, 3.05) is 10.6 Å². The van der Waals surface area contributed by atoms with Gasteiger partial charge < -0.3 is 10.6 Å². The second-order valence-electron chi connectivity index (χ2n) is 5.67.